The molecule has 0 spiro atoms. The second kappa shape index (κ2) is 8.03. The van der Waals surface area contributed by atoms with Crippen molar-refractivity contribution < 1.29 is 9.84 Å². The molecule has 17 heavy (non-hydrogen) atoms. The van der Waals surface area contributed by atoms with Crippen molar-refractivity contribution in [3.8, 4) is 0 Å². The first-order valence-electron chi connectivity index (χ1n) is 6.72. The number of aliphatic hydroxyl groups excluding tert-OH is 1. The Bertz CT molecular complexity index is 202. The maximum Gasteiger partial charge on any atom is 0.0785 e. The molecule has 1 rings (SSSR count). The minimum atomic E-state index is -0.339. The number of piperidine rings is 1. The lowest BCUT2D eigenvalue weighted by Gasteiger charge is -2.34. The van der Waals surface area contributed by atoms with Crippen LogP contribution in [-0.2, 0) is 4.74 Å². The Kier molecular flexibility index (Phi) is 7.04. The van der Waals surface area contributed by atoms with E-state index in [1.165, 1.54) is 25.9 Å². The maximum absolute atomic E-state index is 9.54. The SMILES string of the molecule is COCC(O)CCNC(C)C1CCCN(C)C1. The number of ether oxygens (including phenoxy) is 1. The van der Waals surface area contributed by atoms with E-state index in [0.29, 0.717) is 12.6 Å². The highest BCUT2D eigenvalue weighted by Gasteiger charge is 2.22. The maximum atomic E-state index is 9.54. The summed E-state index contributed by atoms with van der Waals surface area (Å²) >= 11 is 0. The zero-order chi connectivity index (χ0) is 12.7. The van der Waals surface area contributed by atoms with E-state index in [1.807, 2.05) is 0 Å². The molecule has 1 heterocycles. The lowest BCUT2D eigenvalue weighted by atomic mass is 9.92. The number of hydrogen-bond acceptors (Lipinski definition) is 4. The third-order valence-corrected chi connectivity index (χ3v) is 3.67. The van der Waals surface area contributed by atoms with Crippen molar-refractivity contribution in [3.63, 3.8) is 0 Å². The summed E-state index contributed by atoms with van der Waals surface area (Å²) in [6.07, 6.45) is 3.05. The van der Waals surface area contributed by atoms with Gasteiger partial charge in [0, 0.05) is 19.7 Å². The summed E-state index contributed by atoms with van der Waals surface area (Å²) in [4.78, 5) is 2.41. The molecule has 1 aliphatic heterocycles. The lowest BCUT2D eigenvalue weighted by Crippen LogP contribution is -2.43. The van der Waals surface area contributed by atoms with Crippen LogP contribution >= 0.6 is 0 Å². The van der Waals surface area contributed by atoms with E-state index in [9.17, 15) is 5.11 Å². The highest BCUT2D eigenvalue weighted by Crippen LogP contribution is 2.18. The fourth-order valence-electron chi connectivity index (χ4n) is 2.53. The second-order valence-electron chi connectivity index (χ2n) is 5.31. The number of nitrogens with zero attached hydrogens (tertiary/aromatic N) is 1. The van der Waals surface area contributed by atoms with Crippen LogP contribution in [0.5, 0.6) is 0 Å². The molecule has 102 valence electrons. The molecule has 2 N–H and O–H groups in total. The molecular formula is C13H28N2O2. The first kappa shape index (κ1) is 14.9. The van der Waals surface area contributed by atoms with E-state index in [2.05, 4.69) is 24.2 Å². The molecule has 1 aliphatic rings. The predicted octanol–water partition coefficient (Wildman–Crippen LogP) is 0.704. The van der Waals surface area contributed by atoms with Crippen molar-refractivity contribution in [1.82, 2.24) is 10.2 Å². The lowest BCUT2D eigenvalue weighted by molar-refractivity contribution is 0.0582. The van der Waals surface area contributed by atoms with Gasteiger partial charge in [0.15, 0.2) is 0 Å². The Balaban J connectivity index is 2.13. The van der Waals surface area contributed by atoms with Crippen LogP contribution in [0.2, 0.25) is 0 Å². The molecule has 0 bridgehead atoms. The average molecular weight is 244 g/mol. The molecule has 3 atom stereocenters. The molecule has 1 fully saturated rings. The second-order valence-corrected chi connectivity index (χ2v) is 5.31. The molecule has 0 aromatic rings. The number of likely N-dealkylation sites (tertiary alicyclic amines) is 1. The molecule has 3 unspecified atom stereocenters. The fourth-order valence-corrected chi connectivity index (χ4v) is 2.53. The molecule has 0 aromatic heterocycles. The number of hydrogen-bond donors (Lipinski definition) is 2. The molecule has 4 heteroatoms. The van der Waals surface area contributed by atoms with E-state index in [-0.39, 0.29) is 6.10 Å². The van der Waals surface area contributed by atoms with Gasteiger partial charge in [0.1, 0.15) is 0 Å². The first-order valence-corrected chi connectivity index (χ1v) is 6.72. The van der Waals surface area contributed by atoms with Crippen LogP contribution in [0.4, 0.5) is 0 Å². The van der Waals surface area contributed by atoms with E-state index in [0.717, 1.165) is 18.9 Å². The van der Waals surface area contributed by atoms with E-state index >= 15 is 0 Å². The van der Waals surface area contributed by atoms with Crippen LogP contribution in [0.15, 0.2) is 0 Å². The summed E-state index contributed by atoms with van der Waals surface area (Å²) in [5, 5.41) is 13.1. The number of methoxy groups -OCH3 is 1. The van der Waals surface area contributed by atoms with Crippen LogP contribution in [-0.4, -0.2) is 62.6 Å². The summed E-state index contributed by atoms with van der Waals surface area (Å²) in [6.45, 7) is 5.98. The average Bonchev–Trinajstić information content (AvgIpc) is 2.29. The van der Waals surface area contributed by atoms with Crippen molar-refractivity contribution in [2.75, 3.05) is 40.4 Å². The van der Waals surface area contributed by atoms with E-state index < -0.39 is 0 Å². The van der Waals surface area contributed by atoms with Gasteiger partial charge in [-0.1, -0.05) is 0 Å². The van der Waals surface area contributed by atoms with Crippen molar-refractivity contribution in [3.05, 3.63) is 0 Å². The first-order chi connectivity index (χ1) is 8.13. The Morgan fingerprint density at radius 1 is 1.53 bits per heavy atom. The minimum Gasteiger partial charge on any atom is -0.391 e. The highest BCUT2D eigenvalue weighted by atomic mass is 16.5. The van der Waals surface area contributed by atoms with Crippen LogP contribution in [0, 0.1) is 5.92 Å². The Morgan fingerprint density at radius 3 is 2.94 bits per heavy atom. The quantitative estimate of drug-likeness (QED) is 0.692. The standard InChI is InChI=1S/C13H28N2O2/c1-11(12-5-4-8-15(2)9-12)14-7-6-13(16)10-17-3/h11-14,16H,4-10H2,1-3H3. The minimum absolute atomic E-state index is 0.339. The highest BCUT2D eigenvalue weighted by molar-refractivity contribution is 4.79. The van der Waals surface area contributed by atoms with Gasteiger partial charge < -0.3 is 20.1 Å². The van der Waals surface area contributed by atoms with Gasteiger partial charge in [-0.15, -0.1) is 0 Å². The molecule has 0 amide bonds. The van der Waals surface area contributed by atoms with Gasteiger partial charge in [-0.05, 0) is 52.2 Å². The predicted molar refractivity (Wildman–Crippen MR) is 70.2 cm³/mol. The summed E-state index contributed by atoms with van der Waals surface area (Å²) in [7, 11) is 3.82. The van der Waals surface area contributed by atoms with Gasteiger partial charge in [-0.25, -0.2) is 0 Å². The molecular weight excluding hydrogens is 216 g/mol. The smallest absolute Gasteiger partial charge is 0.0785 e. The van der Waals surface area contributed by atoms with Crippen molar-refractivity contribution in [2.24, 2.45) is 5.92 Å². The van der Waals surface area contributed by atoms with Gasteiger partial charge in [0.25, 0.3) is 0 Å². The van der Waals surface area contributed by atoms with Crippen molar-refractivity contribution >= 4 is 0 Å². The third kappa shape index (κ3) is 5.82. The molecule has 1 saturated heterocycles. The fraction of sp³-hybridized carbons (Fsp3) is 1.00. The van der Waals surface area contributed by atoms with E-state index in [1.54, 1.807) is 7.11 Å². The monoisotopic (exact) mass is 244 g/mol. The van der Waals surface area contributed by atoms with Gasteiger partial charge >= 0.3 is 0 Å². The summed E-state index contributed by atoms with van der Waals surface area (Å²) in [6, 6.07) is 0.535. The number of rotatable bonds is 7. The van der Waals surface area contributed by atoms with Gasteiger partial charge in [-0.3, -0.25) is 0 Å². The van der Waals surface area contributed by atoms with Crippen LogP contribution in [0.3, 0.4) is 0 Å². The van der Waals surface area contributed by atoms with Crippen LogP contribution < -0.4 is 5.32 Å². The largest absolute Gasteiger partial charge is 0.391 e. The Labute approximate surface area is 105 Å². The molecule has 0 aromatic carbocycles. The van der Waals surface area contributed by atoms with Crippen LogP contribution in [0.1, 0.15) is 26.2 Å². The topological polar surface area (TPSA) is 44.7 Å². The summed E-state index contributed by atoms with van der Waals surface area (Å²) < 4.78 is 4.91. The zero-order valence-electron chi connectivity index (χ0n) is 11.5. The molecule has 4 nitrogen and oxygen atoms in total. The van der Waals surface area contributed by atoms with Crippen molar-refractivity contribution in [1.29, 1.82) is 0 Å². The summed E-state index contributed by atoms with van der Waals surface area (Å²) in [5.41, 5.74) is 0. The zero-order valence-corrected chi connectivity index (χ0v) is 11.5. The molecule has 0 aliphatic carbocycles. The number of nitrogens with one attached hydrogen (secondary N) is 1. The molecule has 0 saturated carbocycles. The van der Waals surface area contributed by atoms with Gasteiger partial charge in [-0.2, -0.15) is 0 Å². The summed E-state index contributed by atoms with van der Waals surface area (Å²) in [5.74, 6) is 0.744. The normalized spacial score (nSPS) is 25.8. The Hall–Kier alpha value is -0.160. The number of aliphatic hydroxyl groups is 1. The van der Waals surface area contributed by atoms with Crippen molar-refractivity contribution in [2.45, 2.75) is 38.3 Å². The third-order valence-electron chi connectivity index (χ3n) is 3.67. The van der Waals surface area contributed by atoms with Crippen LogP contribution in [0.25, 0.3) is 0 Å². The van der Waals surface area contributed by atoms with Gasteiger partial charge in [0.2, 0.25) is 0 Å². The van der Waals surface area contributed by atoms with E-state index in [4.69, 9.17) is 4.74 Å². The van der Waals surface area contributed by atoms with Gasteiger partial charge in [0.05, 0.1) is 12.7 Å². The Morgan fingerprint density at radius 2 is 2.29 bits per heavy atom. The molecule has 0 radical (unpaired) electrons.